The fourth-order valence-corrected chi connectivity index (χ4v) is 2.27. The van der Waals surface area contributed by atoms with E-state index in [9.17, 15) is 0 Å². The highest BCUT2D eigenvalue weighted by molar-refractivity contribution is 6.31. The maximum Gasteiger partial charge on any atom is 0.0568 e. The SMILES string of the molecule is CCCCCCC1=C(Cl)CC(Cl)C=C1. The first-order chi connectivity index (χ1) is 6.74. The number of rotatable bonds is 5. The Balaban J connectivity index is 2.30. The van der Waals surface area contributed by atoms with Crippen LogP contribution in [0.4, 0.5) is 0 Å². The van der Waals surface area contributed by atoms with Gasteiger partial charge in [-0.15, -0.1) is 11.6 Å². The molecular weight excluding hydrogens is 215 g/mol. The molecular formula is C12H18Cl2. The number of alkyl halides is 1. The average molecular weight is 233 g/mol. The van der Waals surface area contributed by atoms with Gasteiger partial charge in [0.1, 0.15) is 0 Å². The molecule has 0 heterocycles. The summed E-state index contributed by atoms with van der Waals surface area (Å²) in [4.78, 5) is 0. The molecule has 0 aromatic rings. The summed E-state index contributed by atoms with van der Waals surface area (Å²) in [5.74, 6) is 0. The second-order valence-electron chi connectivity index (χ2n) is 3.82. The third kappa shape index (κ3) is 4.06. The molecule has 1 aliphatic rings. The van der Waals surface area contributed by atoms with Gasteiger partial charge >= 0.3 is 0 Å². The lowest BCUT2D eigenvalue weighted by Crippen LogP contribution is -2.01. The predicted molar refractivity (Wildman–Crippen MR) is 65.0 cm³/mol. The first-order valence-corrected chi connectivity index (χ1v) is 6.25. The predicted octanol–water partition coefficient (Wildman–Crippen LogP) is 5.02. The van der Waals surface area contributed by atoms with Gasteiger partial charge in [0, 0.05) is 11.5 Å². The Hall–Kier alpha value is 0.0600. The summed E-state index contributed by atoms with van der Waals surface area (Å²) in [7, 11) is 0. The molecule has 80 valence electrons. The van der Waals surface area contributed by atoms with Gasteiger partial charge in [-0.1, -0.05) is 49.9 Å². The molecule has 0 aromatic carbocycles. The quantitative estimate of drug-likeness (QED) is 0.462. The fraction of sp³-hybridized carbons (Fsp3) is 0.667. The molecule has 0 N–H and O–H groups in total. The Kier molecular flexibility index (Phi) is 5.66. The van der Waals surface area contributed by atoms with E-state index < -0.39 is 0 Å². The van der Waals surface area contributed by atoms with Gasteiger partial charge in [-0.3, -0.25) is 0 Å². The van der Waals surface area contributed by atoms with E-state index in [1.165, 1.54) is 31.3 Å². The van der Waals surface area contributed by atoms with Crippen molar-refractivity contribution in [2.24, 2.45) is 0 Å². The molecule has 1 aliphatic carbocycles. The van der Waals surface area contributed by atoms with Crippen molar-refractivity contribution < 1.29 is 0 Å². The van der Waals surface area contributed by atoms with Crippen LogP contribution in [0.1, 0.15) is 45.4 Å². The van der Waals surface area contributed by atoms with Crippen LogP contribution < -0.4 is 0 Å². The third-order valence-corrected chi connectivity index (χ3v) is 3.23. The highest BCUT2D eigenvalue weighted by atomic mass is 35.5. The van der Waals surface area contributed by atoms with Gasteiger partial charge in [0.2, 0.25) is 0 Å². The normalized spacial score (nSPS) is 21.8. The van der Waals surface area contributed by atoms with Crippen LogP contribution in [-0.4, -0.2) is 5.38 Å². The Morgan fingerprint density at radius 2 is 2.14 bits per heavy atom. The number of allylic oxidation sites excluding steroid dienone is 4. The minimum absolute atomic E-state index is 0.0990. The second-order valence-corrected chi connectivity index (χ2v) is 4.84. The summed E-state index contributed by atoms with van der Waals surface area (Å²) in [6, 6.07) is 0. The summed E-state index contributed by atoms with van der Waals surface area (Å²) in [5.41, 5.74) is 1.29. The monoisotopic (exact) mass is 232 g/mol. The minimum atomic E-state index is 0.0990. The number of hydrogen-bond acceptors (Lipinski definition) is 0. The molecule has 1 rings (SSSR count). The molecule has 1 atom stereocenters. The Labute approximate surface area is 97.0 Å². The lowest BCUT2D eigenvalue weighted by Gasteiger charge is -2.14. The third-order valence-electron chi connectivity index (χ3n) is 2.53. The molecule has 0 amide bonds. The lowest BCUT2D eigenvalue weighted by molar-refractivity contribution is 0.665. The highest BCUT2D eigenvalue weighted by Gasteiger charge is 2.11. The van der Waals surface area contributed by atoms with Gasteiger partial charge in [-0.2, -0.15) is 0 Å². The number of unbranched alkanes of at least 4 members (excludes halogenated alkanes) is 3. The molecule has 14 heavy (non-hydrogen) atoms. The standard InChI is InChI=1S/C12H18Cl2/c1-2-3-4-5-6-10-7-8-11(13)9-12(10)14/h7-8,11H,2-6,9H2,1H3. The van der Waals surface area contributed by atoms with Crippen molar-refractivity contribution >= 4 is 23.2 Å². The smallest absolute Gasteiger partial charge is 0.0568 e. The van der Waals surface area contributed by atoms with Crippen LogP contribution in [0.25, 0.3) is 0 Å². The Morgan fingerprint density at radius 1 is 1.36 bits per heavy atom. The van der Waals surface area contributed by atoms with Crippen LogP contribution in [0.5, 0.6) is 0 Å². The molecule has 1 unspecified atom stereocenters. The van der Waals surface area contributed by atoms with E-state index in [4.69, 9.17) is 23.2 Å². The van der Waals surface area contributed by atoms with E-state index in [-0.39, 0.29) is 5.38 Å². The lowest BCUT2D eigenvalue weighted by atomic mass is 10.0. The molecule has 0 nitrogen and oxygen atoms in total. The van der Waals surface area contributed by atoms with E-state index in [2.05, 4.69) is 13.0 Å². The van der Waals surface area contributed by atoms with Gasteiger partial charge in [0.25, 0.3) is 0 Å². The number of halogens is 2. The number of hydrogen-bond donors (Lipinski definition) is 0. The summed E-state index contributed by atoms with van der Waals surface area (Å²) in [6.07, 6.45) is 11.2. The van der Waals surface area contributed by atoms with Crippen molar-refractivity contribution in [3.8, 4) is 0 Å². The van der Waals surface area contributed by atoms with Gasteiger partial charge in [-0.25, -0.2) is 0 Å². The fourth-order valence-electron chi connectivity index (χ4n) is 1.64. The van der Waals surface area contributed by atoms with Gasteiger partial charge < -0.3 is 0 Å². The van der Waals surface area contributed by atoms with Crippen molar-refractivity contribution in [2.75, 3.05) is 0 Å². The summed E-state index contributed by atoms with van der Waals surface area (Å²) in [5, 5.41) is 1.06. The van der Waals surface area contributed by atoms with E-state index in [1.54, 1.807) is 0 Å². The molecule has 0 aromatic heterocycles. The second kappa shape index (κ2) is 6.53. The zero-order valence-electron chi connectivity index (χ0n) is 8.73. The van der Waals surface area contributed by atoms with Crippen LogP contribution in [0, 0.1) is 0 Å². The van der Waals surface area contributed by atoms with E-state index >= 15 is 0 Å². The summed E-state index contributed by atoms with van der Waals surface area (Å²) >= 11 is 12.1. The van der Waals surface area contributed by atoms with Crippen LogP contribution >= 0.6 is 23.2 Å². The molecule has 0 saturated heterocycles. The first-order valence-electron chi connectivity index (χ1n) is 5.44. The van der Waals surface area contributed by atoms with Gasteiger partial charge in [-0.05, 0) is 18.4 Å². The molecule has 2 heteroatoms. The van der Waals surface area contributed by atoms with E-state index in [0.29, 0.717) is 0 Å². The van der Waals surface area contributed by atoms with Crippen molar-refractivity contribution in [1.29, 1.82) is 0 Å². The van der Waals surface area contributed by atoms with E-state index in [0.717, 1.165) is 17.9 Å². The zero-order valence-corrected chi connectivity index (χ0v) is 10.2. The molecule has 0 aliphatic heterocycles. The van der Waals surface area contributed by atoms with Crippen molar-refractivity contribution in [3.63, 3.8) is 0 Å². The maximum atomic E-state index is 6.13. The van der Waals surface area contributed by atoms with Crippen LogP contribution in [-0.2, 0) is 0 Å². The minimum Gasteiger partial charge on any atom is -0.118 e. The Morgan fingerprint density at radius 3 is 2.79 bits per heavy atom. The van der Waals surface area contributed by atoms with Crippen molar-refractivity contribution in [3.05, 3.63) is 22.8 Å². The van der Waals surface area contributed by atoms with Gasteiger partial charge in [0.05, 0.1) is 5.38 Å². The van der Waals surface area contributed by atoms with Crippen LogP contribution in [0.3, 0.4) is 0 Å². The Bertz CT molecular complexity index is 228. The van der Waals surface area contributed by atoms with Gasteiger partial charge in [0.15, 0.2) is 0 Å². The highest BCUT2D eigenvalue weighted by Crippen LogP contribution is 2.28. The largest absolute Gasteiger partial charge is 0.118 e. The van der Waals surface area contributed by atoms with Crippen molar-refractivity contribution in [2.45, 2.75) is 50.8 Å². The summed E-state index contributed by atoms with van der Waals surface area (Å²) < 4.78 is 0. The molecule has 0 spiro atoms. The molecule has 0 bridgehead atoms. The molecule has 0 saturated carbocycles. The molecule has 0 fully saturated rings. The zero-order chi connectivity index (χ0) is 10.4. The average Bonchev–Trinajstić information content (AvgIpc) is 2.15. The van der Waals surface area contributed by atoms with Crippen molar-refractivity contribution in [1.82, 2.24) is 0 Å². The maximum absolute atomic E-state index is 6.13. The van der Waals surface area contributed by atoms with E-state index in [1.807, 2.05) is 6.08 Å². The first kappa shape index (κ1) is 12.1. The van der Waals surface area contributed by atoms with Crippen LogP contribution in [0.15, 0.2) is 22.8 Å². The molecule has 0 radical (unpaired) electrons. The summed E-state index contributed by atoms with van der Waals surface area (Å²) in [6.45, 7) is 2.23. The van der Waals surface area contributed by atoms with Crippen LogP contribution in [0.2, 0.25) is 0 Å². The topological polar surface area (TPSA) is 0 Å².